The van der Waals surface area contributed by atoms with E-state index in [0.29, 0.717) is 22.2 Å². The maximum atomic E-state index is 12.5. The predicted molar refractivity (Wildman–Crippen MR) is 80.2 cm³/mol. The van der Waals surface area contributed by atoms with Crippen LogP contribution in [0.2, 0.25) is 5.02 Å². The van der Waals surface area contributed by atoms with Gasteiger partial charge in [-0.2, -0.15) is 13.2 Å². The van der Waals surface area contributed by atoms with E-state index >= 15 is 0 Å². The van der Waals surface area contributed by atoms with Crippen molar-refractivity contribution in [2.24, 2.45) is 0 Å². The van der Waals surface area contributed by atoms with Crippen LogP contribution < -0.4 is 14.8 Å². The van der Waals surface area contributed by atoms with Crippen LogP contribution >= 0.6 is 11.6 Å². The van der Waals surface area contributed by atoms with E-state index in [1.54, 1.807) is 12.1 Å². The molecule has 0 aliphatic carbocycles. The third kappa shape index (κ3) is 4.44. The molecule has 0 radical (unpaired) electrons. The predicted octanol–water partition coefficient (Wildman–Crippen LogP) is 3.73. The van der Waals surface area contributed by atoms with Crippen molar-refractivity contribution in [2.75, 3.05) is 19.5 Å². The highest BCUT2D eigenvalue weighted by molar-refractivity contribution is 6.33. The van der Waals surface area contributed by atoms with E-state index in [0.717, 1.165) is 4.57 Å². The van der Waals surface area contributed by atoms with Crippen molar-refractivity contribution < 1.29 is 22.6 Å². The van der Waals surface area contributed by atoms with Gasteiger partial charge < -0.3 is 19.4 Å². The molecule has 0 aliphatic rings. The fourth-order valence-electron chi connectivity index (χ4n) is 2.01. The second kappa shape index (κ2) is 6.99. The number of anilines is 1. The average molecular weight is 350 g/mol. The van der Waals surface area contributed by atoms with Crippen LogP contribution in [0.4, 0.5) is 18.9 Å². The number of nitrogens with one attached hydrogen (secondary N) is 1. The minimum atomic E-state index is -4.31. The third-order valence-electron chi connectivity index (χ3n) is 3.06. The summed E-state index contributed by atoms with van der Waals surface area (Å²) in [4.78, 5) is 3.92. The van der Waals surface area contributed by atoms with Gasteiger partial charge in [-0.25, -0.2) is 4.98 Å². The molecule has 2 rings (SSSR count). The van der Waals surface area contributed by atoms with Crippen molar-refractivity contribution in [3.8, 4) is 11.5 Å². The fraction of sp³-hybridized carbons (Fsp3) is 0.357. The summed E-state index contributed by atoms with van der Waals surface area (Å²) in [6, 6.07) is 3.17. The lowest BCUT2D eigenvalue weighted by molar-refractivity contribution is -0.141. The maximum Gasteiger partial charge on any atom is 0.406 e. The highest BCUT2D eigenvalue weighted by Gasteiger charge is 2.28. The van der Waals surface area contributed by atoms with Gasteiger partial charge in [0.2, 0.25) is 0 Å². The Kier molecular flexibility index (Phi) is 5.25. The molecule has 1 aromatic heterocycles. The Hall–Kier alpha value is -2.09. The Morgan fingerprint density at radius 3 is 2.48 bits per heavy atom. The van der Waals surface area contributed by atoms with Crippen molar-refractivity contribution in [1.82, 2.24) is 9.55 Å². The zero-order valence-electron chi connectivity index (χ0n) is 12.4. The molecule has 0 saturated carbocycles. The molecule has 1 heterocycles. The van der Waals surface area contributed by atoms with Crippen LogP contribution in [0.25, 0.3) is 0 Å². The smallest absolute Gasteiger partial charge is 0.406 e. The molecule has 0 saturated heterocycles. The number of rotatable bonds is 6. The number of ether oxygens (including phenoxy) is 2. The van der Waals surface area contributed by atoms with Crippen molar-refractivity contribution >= 4 is 17.3 Å². The number of aromatic nitrogens is 2. The van der Waals surface area contributed by atoms with Gasteiger partial charge >= 0.3 is 6.18 Å². The van der Waals surface area contributed by atoms with Crippen molar-refractivity contribution in [2.45, 2.75) is 19.3 Å². The van der Waals surface area contributed by atoms with Crippen LogP contribution in [0.15, 0.2) is 24.5 Å². The van der Waals surface area contributed by atoms with E-state index < -0.39 is 12.7 Å². The van der Waals surface area contributed by atoms with E-state index in [1.807, 2.05) is 0 Å². The molecule has 5 nitrogen and oxygen atoms in total. The van der Waals surface area contributed by atoms with E-state index in [4.69, 9.17) is 21.1 Å². The molecule has 0 spiro atoms. The summed E-state index contributed by atoms with van der Waals surface area (Å²) in [5.41, 5.74) is 0.505. The number of methoxy groups -OCH3 is 2. The second-order valence-electron chi connectivity index (χ2n) is 4.63. The van der Waals surface area contributed by atoms with Crippen LogP contribution in [0.1, 0.15) is 5.82 Å². The normalized spacial score (nSPS) is 11.4. The number of benzene rings is 1. The third-order valence-corrected chi connectivity index (χ3v) is 3.37. The minimum absolute atomic E-state index is 0.0816. The lowest BCUT2D eigenvalue weighted by atomic mass is 10.2. The number of hydrogen-bond donors (Lipinski definition) is 1. The molecule has 9 heteroatoms. The van der Waals surface area contributed by atoms with Gasteiger partial charge in [0.15, 0.2) is 11.5 Å². The molecule has 0 atom stereocenters. The lowest BCUT2D eigenvalue weighted by Crippen LogP contribution is -2.20. The fourth-order valence-corrected chi connectivity index (χ4v) is 2.23. The average Bonchev–Trinajstić information content (AvgIpc) is 2.90. The zero-order chi connectivity index (χ0) is 17.0. The first-order valence-corrected chi connectivity index (χ1v) is 6.94. The molecule has 0 unspecified atom stereocenters. The summed E-state index contributed by atoms with van der Waals surface area (Å²) in [6.07, 6.45) is -1.71. The SMILES string of the molecule is COc1cc(Cl)c(NCc2nccn2CC(F)(F)F)cc1OC. The topological polar surface area (TPSA) is 48.3 Å². The summed E-state index contributed by atoms with van der Waals surface area (Å²) in [5, 5.41) is 3.31. The molecule has 2 aromatic rings. The van der Waals surface area contributed by atoms with Gasteiger partial charge in [0, 0.05) is 24.5 Å². The highest BCUT2D eigenvalue weighted by atomic mass is 35.5. The zero-order valence-corrected chi connectivity index (χ0v) is 13.2. The maximum absolute atomic E-state index is 12.5. The van der Waals surface area contributed by atoms with Crippen LogP contribution in [0, 0.1) is 0 Å². The van der Waals surface area contributed by atoms with Crippen LogP contribution in [-0.4, -0.2) is 29.9 Å². The standard InChI is InChI=1S/C14H15ClF3N3O2/c1-22-11-5-9(15)10(6-12(11)23-2)20-7-13-19-3-4-21(13)8-14(16,17)18/h3-6,20H,7-8H2,1-2H3. The first kappa shape index (κ1) is 17.3. The molecular formula is C14H15ClF3N3O2. The van der Waals surface area contributed by atoms with Gasteiger partial charge in [0.1, 0.15) is 12.4 Å². The minimum Gasteiger partial charge on any atom is -0.493 e. The van der Waals surface area contributed by atoms with E-state index in [-0.39, 0.29) is 12.4 Å². The number of imidazole rings is 1. The van der Waals surface area contributed by atoms with Gasteiger partial charge in [0.05, 0.1) is 31.5 Å². The molecule has 126 valence electrons. The molecule has 1 aromatic carbocycles. The summed E-state index contributed by atoms with van der Waals surface area (Å²) >= 11 is 6.12. The Morgan fingerprint density at radius 2 is 1.87 bits per heavy atom. The summed E-state index contributed by atoms with van der Waals surface area (Å²) in [7, 11) is 2.96. The molecule has 0 amide bonds. The molecule has 0 aliphatic heterocycles. The van der Waals surface area contributed by atoms with E-state index in [9.17, 15) is 13.2 Å². The quantitative estimate of drug-likeness (QED) is 0.863. The Bertz CT molecular complexity index is 674. The van der Waals surface area contributed by atoms with Gasteiger partial charge in [0.25, 0.3) is 0 Å². The summed E-state index contributed by atoms with van der Waals surface area (Å²) in [5.74, 6) is 1.16. The van der Waals surface area contributed by atoms with E-state index in [2.05, 4.69) is 10.3 Å². The lowest BCUT2D eigenvalue weighted by Gasteiger charge is -2.14. The number of hydrogen-bond acceptors (Lipinski definition) is 4. The largest absolute Gasteiger partial charge is 0.493 e. The summed E-state index contributed by atoms with van der Waals surface area (Å²) in [6.45, 7) is -1.01. The Morgan fingerprint density at radius 1 is 1.22 bits per heavy atom. The monoisotopic (exact) mass is 349 g/mol. The first-order valence-electron chi connectivity index (χ1n) is 6.56. The Balaban J connectivity index is 2.14. The number of nitrogens with zero attached hydrogens (tertiary/aromatic N) is 2. The molecule has 1 N–H and O–H groups in total. The van der Waals surface area contributed by atoms with Crippen molar-refractivity contribution in [3.63, 3.8) is 0 Å². The molecule has 23 heavy (non-hydrogen) atoms. The second-order valence-corrected chi connectivity index (χ2v) is 5.03. The van der Waals surface area contributed by atoms with Gasteiger partial charge in [-0.1, -0.05) is 11.6 Å². The van der Waals surface area contributed by atoms with Gasteiger partial charge in [-0.05, 0) is 0 Å². The van der Waals surface area contributed by atoms with Crippen molar-refractivity contribution in [1.29, 1.82) is 0 Å². The van der Waals surface area contributed by atoms with Crippen LogP contribution in [-0.2, 0) is 13.1 Å². The molecule has 0 fully saturated rings. The molecular weight excluding hydrogens is 335 g/mol. The molecule has 0 bridgehead atoms. The first-order chi connectivity index (χ1) is 10.8. The van der Waals surface area contributed by atoms with Crippen LogP contribution in [0.5, 0.6) is 11.5 Å². The van der Waals surface area contributed by atoms with Crippen LogP contribution in [0.3, 0.4) is 0 Å². The summed E-state index contributed by atoms with van der Waals surface area (Å²) < 4.78 is 48.8. The number of alkyl halides is 3. The Labute approximate surface area is 136 Å². The number of halogens is 4. The highest BCUT2D eigenvalue weighted by Crippen LogP contribution is 2.36. The van der Waals surface area contributed by atoms with E-state index in [1.165, 1.54) is 26.6 Å². The van der Waals surface area contributed by atoms with Crippen molar-refractivity contribution in [3.05, 3.63) is 35.4 Å². The van der Waals surface area contributed by atoms with Gasteiger partial charge in [-0.3, -0.25) is 0 Å². The van der Waals surface area contributed by atoms with Gasteiger partial charge in [-0.15, -0.1) is 0 Å².